The van der Waals surface area contributed by atoms with Crippen molar-refractivity contribution in [2.24, 2.45) is 0 Å². The predicted molar refractivity (Wildman–Crippen MR) is 46.2 cm³/mol. The van der Waals surface area contributed by atoms with Crippen LogP contribution < -0.4 is 0 Å². The van der Waals surface area contributed by atoms with Crippen LogP contribution in [-0.2, 0) is 0 Å². The van der Waals surface area contributed by atoms with Gasteiger partial charge in [0.2, 0.25) is 0 Å². The van der Waals surface area contributed by atoms with Crippen molar-refractivity contribution in [3.8, 4) is 0 Å². The topological polar surface area (TPSA) is 0 Å². The molecule has 0 N–H and O–H groups in total. The van der Waals surface area contributed by atoms with Crippen molar-refractivity contribution in [2.75, 3.05) is 0 Å². The first kappa shape index (κ1) is 9.75. The number of alkyl halides is 2. The zero-order chi connectivity index (χ0) is 9.30. The summed E-state index contributed by atoms with van der Waals surface area (Å²) in [6.07, 6.45) is -2.57. The van der Waals surface area contributed by atoms with Crippen molar-refractivity contribution in [1.82, 2.24) is 0 Å². The molecule has 1 aromatic carbocycles. The van der Waals surface area contributed by atoms with E-state index in [1.807, 2.05) is 0 Å². The van der Waals surface area contributed by atoms with E-state index in [0.717, 1.165) is 0 Å². The Bertz CT molecular complexity index is 297. The Morgan fingerprint density at radius 2 is 1.75 bits per heavy atom. The summed E-state index contributed by atoms with van der Waals surface area (Å²) in [7, 11) is 0. The smallest absolute Gasteiger partial charge is 0.205 e. The highest BCUT2D eigenvalue weighted by Gasteiger charge is 2.13. The first-order valence-electron chi connectivity index (χ1n) is 3.26. The average molecular weight is 211 g/mol. The molecule has 0 radical (unpaired) electrons. The Morgan fingerprint density at radius 1 is 1.17 bits per heavy atom. The highest BCUT2D eigenvalue weighted by atomic mass is 35.5. The zero-order valence-electron chi connectivity index (χ0n) is 6.24. The van der Waals surface area contributed by atoms with Crippen LogP contribution in [0.15, 0.2) is 12.1 Å². The number of hydrogen-bond acceptors (Lipinski definition) is 0. The fourth-order valence-corrected chi connectivity index (χ4v) is 1.30. The summed E-state index contributed by atoms with van der Waals surface area (Å²) in [4.78, 5) is 0. The van der Waals surface area contributed by atoms with E-state index in [1.54, 1.807) is 6.92 Å². The lowest BCUT2D eigenvalue weighted by Crippen LogP contribution is -1.87. The first-order chi connectivity index (χ1) is 5.52. The van der Waals surface area contributed by atoms with Gasteiger partial charge >= 0.3 is 0 Å². The van der Waals surface area contributed by atoms with Gasteiger partial charge in [0.25, 0.3) is 6.43 Å². The van der Waals surface area contributed by atoms with Crippen molar-refractivity contribution in [1.29, 1.82) is 0 Å². The molecule has 0 heterocycles. The molecule has 0 bridgehead atoms. The van der Waals surface area contributed by atoms with Gasteiger partial charge in [-0.05, 0) is 24.6 Å². The van der Waals surface area contributed by atoms with Crippen molar-refractivity contribution in [3.63, 3.8) is 0 Å². The Balaban J connectivity index is 3.23. The third-order valence-corrected chi connectivity index (χ3v) is 2.25. The van der Waals surface area contributed by atoms with Crippen molar-refractivity contribution in [3.05, 3.63) is 33.3 Å². The molecule has 0 aromatic heterocycles. The van der Waals surface area contributed by atoms with E-state index in [9.17, 15) is 8.78 Å². The SMILES string of the molecule is Cc1cc(Cl)c(C(F)F)cc1Cl. The highest BCUT2D eigenvalue weighted by Crippen LogP contribution is 2.31. The lowest BCUT2D eigenvalue weighted by molar-refractivity contribution is 0.151. The van der Waals surface area contributed by atoms with Crippen LogP contribution in [0.25, 0.3) is 0 Å². The van der Waals surface area contributed by atoms with Crippen LogP contribution in [0.4, 0.5) is 8.78 Å². The molecule has 0 aliphatic heterocycles. The Labute approximate surface area is 79.1 Å². The molecular weight excluding hydrogens is 205 g/mol. The van der Waals surface area contributed by atoms with Gasteiger partial charge < -0.3 is 0 Å². The zero-order valence-corrected chi connectivity index (χ0v) is 7.76. The van der Waals surface area contributed by atoms with Crippen molar-refractivity contribution < 1.29 is 8.78 Å². The summed E-state index contributed by atoms with van der Waals surface area (Å²) in [6, 6.07) is 2.63. The highest BCUT2D eigenvalue weighted by molar-refractivity contribution is 6.34. The molecule has 0 aliphatic rings. The quantitative estimate of drug-likeness (QED) is 0.651. The van der Waals surface area contributed by atoms with Crippen LogP contribution in [0.1, 0.15) is 17.6 Å². The van der Waals surface area contributed by atoms with Gasteiger partial charge in [0.05, 0.1) is 0 Å². The summed E-state index contributed by atoms with van der Waals surface area (Å²) in [5.74, 6) is 0. The molecular formula is C8H6Cl2F2. The number of aryl methyl sites for hydroxylation is 1. The number of hydrogen-bond donors (Lipinski definition) is 0. The molecule has 0 amide bonds. The minimum absolute atomic E-state index is 0.0619. The Hall–Kier alpha value is -0.340. The third kappa shape index (κ3) is 1.87. The number of halogens is 4. The van der Waals surface area contributed by atoms with Gasteiger partial charge in [0.1, 0.15) is 0 Å². The van der Waals surface area contributed by atoms with Gasteiger partial charge in [-0.1, -0.05) is 23.2 Å². The molecule has 0 fully saturated rings. The second-order valence-electron chi connectivity index (χ2n) is 2.42. The Kier molecular flexibility index (Phi) is 2.91. The summed E-state index contributed by atoms with van der Waals surface area (Å²) >= 11 is 11.2. The van der Waals surface area contributed by atoms with Crippen LogP contribution >= 0.6 is 23.2 Å². The van der Waals surface area contributed by atoms with Crippen LogP contribution in [0.3, 0.4) is 0 Å². The summed E-state index contributed by atoms with van der Waals surface area (Å²) < 4.78 is 24.4. The van der Waals surface area contributed by atoms with Gasteiger partial charge in [-0.25, -0.2) is 8.78 Å². The molecule has 0 saturated heterocycles. The normalized spacial score (nSPS) is 10.8. The predicted octanol–water partition coefficient (Wildman–Crippen LogP) is 4.24. The maximum Gasteiger partial charge on any atom is 0.265 e. The van der Waals surface area contributed by atoms with E-state index >= 15 is 0 Å². The van der Waals surface area contributed by atoms with E-state index in [0.29, 0.717) is 10.6 Å². The lowest BCUT2D eigenvalue weighted by atomic mass is 10.1. The monoisotopic (exact) mass is 210 g/mol. The minimum atomic E-state index is -2.57. The largest absolute Gasteiger partial charge is 0.265 e. The summed E-state index contributed by atoms with van der Waals surface area (Å²) in [5, 5.41) is 0.376. The van der Waals surface area contributed by atoms with E-state index in [4.69, 9.17) is 23.2 Å². The van der Waals surface area contributed by atoms with Crippen LogP contribution in [0, 0.1) is 6.92 Å². The molecule has 1 rings (SSSR count). The van der Waals surface area contributed by atoms with Gasteiger partial charge in [-0.3, -0.25) is 0 Å². The number of benzene rings is 1. The van der Waals surface area contributed by atoms with Crippen LogP contribution in [0.2, 0.25) is 10.0 Å². The summed E-state index contributed by atoms with van der Waals surface area (Å²) in [6.45, 7) is 1.71. The second-order valence-corrected chi connectivity index (χ2v) is 3.24. The molecule has 1 aromatic rings. The third-order valence-electron chi connectivity index (χ3n) is 1.51. The molecule has 0 nitrogen and oxygen atoms in total. The molecule has 0 atom stereocenters. The van der Waals surface area contributed by atoms with Crippen LogP contribution in [-0.4, -0.2) is 0 Å². The van der Waals surface area contributed by atoms with E-state index in [-0.39, 0.29) is 10.6 Å². The molecule has 0 aliphatic carbocycles. The lowest BCUT2D eigenvalue weighted by Gasteiger charge is -2.05. The standard InChI is InChI=1S/C8H6Cl2F2/c1-4-2-7(10)5(8(11)12)3-6(4)9/h2-3,8H,1H3. The maximum atomic E-state index is 12.2. The molecule has 66 valence electrons. The van der Waals surface area contributed by atoms with Gasteiger partial charge in [-0.2, -0.15) is 0 Å². The molecule has 4 heteroatoms. The Morgan fingerprint density at radius 3 is 2.25 bits per heavy atom. The van der Waals surface area contributed by atoms with Gasteiger partial charge in [-0.15, -0.1) is 0 Å². The summed E-state index contributed by atoms with van der Waals surface area (Å²) in [5.41, 5.74) is 0.485. The first-order valence-corrected chi connectivity index (χ1v) is 4.01. The average Bonchev–Trinajstić information content (AvgIpc) is 1.96. The molecule has 0 spiro atoms. The van der Waals surface area contributed by atoms with Crippen molar-refractivity contribution in [2.45, 2.75) is 13.3 Å². The molecule has 0 saturated carbocycles. The van der Waals surface area contributed by atoms with Gasteiger partial charge in [0, 0.05) is 15.6 Å². The number of rotatable bonds is 1. The fraction of sp³-hybridized carbons (Fsp3) is 0.250. The molecule has 12 heavy (non-hydrogen) atoms. The van der Waals surface area contributed by atoms with E-state index < -0.39 is 6.43 Å². The van der Waals surface area contributed by atoms with Crippen LogP contribution in [0.5, 0.6) is 0 Å². The molecule has 0 unspecified atom stereocenters. The second kappa shape index (κ2) is 3.58. The fourth-order valence-electron chi connectivity index (χ4n) is 0.829. The van der Waals surface area contributed by atoms with Gasteiger partial charge in [0.15, 0.2) is 0 Å². The van der Waals surface area contributed by atoms with Crippen molar-refractivity contribution >= 4 is 23.2 Å². The minimum Gasteiger partial charge on any atom is -0.205 e. The maximum absolute atomic E-state index is 12.2. The van der Waals surface area contributed by atoms with E-state index in [2.05, 4.69) is 0 Å². The van der Waals surface area contributed by atoms with E-state index in [1.165, 1.54) is 12.1 Å².